The van der Waals surface area contributed by atoms with Crippen LogP contribution in [0.1, 0.15) is 32.6 Å². The molecule has 5 nitrogen and oxygen atoms in total. The average molecular weight is 228 g/mol. The molecule has 94 valence electrons. The molecule has 3 N–H and O–H groups in total. The van der Waals surface area contributed by atoms with E-state index in [2.05, 4.69) is 22.2 Å². The summed E-state index contributed by atoms with van der Waals surface area (Å²) in [5.41, 5.74) is 2.72. The van der Waals surface area contributed by atoms with Gasteiger partial charge >= 0.3 is 0 Å². The Bertz CT molecular complexity index is 220. The molecule has 0 aromatic carbocycles. The summed E-state index contributed by atoms with van der Waals surface area (Å²) in [5.74, 6) is 6.35. The fourth-order valence-electron chi connectivity index (χ4n) is 2.17. The van der Waals surface area contributed by atoms with Gasteiger partial charge < -0.3 is 9.64 Å². The van der Waals surface area contributed by atoms with E-state index < -0.39 is 0 Å². The Labute approximate surface area is 98.0 Å². The number of likely N-dealkylation sites (tertiary alicyclic amines) is 1. The molecule has 1 saturated heterocycles. The number of guanidine groups is 1. The van der Waals surface area contributed by atoms with Crippen LogP contribution in [0, 0.1) is 0 Å². The van der Waals surface area contributed by atoms with Crippen molar-refractivity contribution < 1.29 is 4.74 Å². The maximum absolute atomic E-state index is 5.54. The van der Waals surface area contributed by atoms with Crippen LogP contribution in [-0.2, 0) is 4.74 Å². The maximum Gasteiger partial charge on any atom is 0.208 e. The lowest BCUT2D eigenvalue weighted by molar-refractivity contribution is 0.204. The van der Waals surface area contributed by atoms with Gasteiger partial charge in [-0.1, -0.05) is 6.92 Å². The van der Waals surface area contributed by atoms with E-state index in [-0.39, 0.29) is 0 Å². The van der Waals surface area contributed by atoms with Crippen molar-refractivity contribution in [2.24, 2.45) is 10.8 Å². The number of piperidine rings is 1. The summed E-state index contributed by atoms with van der Waals surface area (Å²) in [6, 6.07) is 0.575. The Morgan fingerprint density at radius 3 is 3.00 bits per heavy atom. The minimum Gasteiger partial charge on any atom is -0.383 e. The van der Waals surface area contributed by atoms with Gasteiger partial charge in [0.2, 0.25) is 5.96 Å². The van der Waals surface area contributed by atoms with Crippen molar-refractivity contribution in [3.05, 3.63) is 0 Å². The zero-order chi connectivity index (χ0) is 11.8. The standard InChI is InChI=1S/C11H24N4O/c1-3-10-6-4-5-8-15(10)11(14-12)13-7-9-16-2/h10H,3-9,12H2,1-2H3,(H,13,14). The van der Waals surface area contributed by atoms with Crippen LogP contribution < -0.4 is 11.3 Å². The number of nitrogens with zero attached hydrogens (tertiary/aromatic N) is 2. The summed E-state index contributed by atoms with van der Waals surface area (Å²) < 4.78 is 4.98. The predicted octanol–water partition coefficient (Wildman–Crippen LogP) is 0.717. The lowest BCUT2D eigenvalue weighted by Gasteiger charge is -2.37. The molecule has 5 heteroatoms. The van der Waals surface area contributed by atoms with Gasteiger partial charge in [0.25, 0.3) is 0 Å². The number of ether oxygens (including phenoxy) is 1. The molecule has 0 spiro atoms. The Hall–Kier alpha value is -0.810. The molecule has 1 unspecified atom stereocenters. The van der Waals surface area contributed by atoms with Crippen LogP contribution in [0.25, 0.3) is 0 Å². The van der Waals surface area contributed by atoms with Gasteiger partial charge in [0.1, 0.15) is 0 Å². The van der Waals surface area contributed by atoms with E-state index in [0.717, 1.165) is 18.9 Å². The van der Waals surface area contributed by atoms with E-state index >= 15 is 0 Å². The average Bonchev–Trinajstić information content (AvgIpc) is 2.35. The largest absolute Gasteiger partial charge is 0.383 e. The second kappa shape index (κ2) is 7.46. The number of hydrazine groups is 1. The van der Waals surface area contributed by atoms with Crippen molar-refractivity contribution in [3.8, 4) is 0 Å². The molecule has 1 aliphatic rings. The molecule has 0 amide bonds. The fourth-order valence-corrected chi connectivity index (χ4v) is 2.17. The summed E-state index contributed by atoms with van der Waals surface area (Å²) in [4.78, 5) is 6.73. The van der Waals surface area contributed by atoms with Crippen LogP contribution in [0.5, 0.6) is 0 Å². The maximum atomic E-state index is 5.54. The first-order valence-electron chi connectivity index (χ1n) is 6.10. The van der Waals surface area contributed by atoms with Gasteiger partial charge in [0.05, 0.1) is 13.2 Å². The molecular formula is C11H24N4O. The highest BCUT2D eigenvalue weighted by Gasteiger charge is 2.23. The number of nitrogens with one attached hydrogen (secondary N) is 1. The van der Waals surface area contributed by atoms with Crippen LogP contribution in [0.3, 0.4) is 0 Å². The van der Waals surface area contributed by atoms with Gasteiger partial charge in [-0.25, -0.2) is 10.8 Å². The zero-order valence-electron chi connectivity index (χ0n) is 10.4. The highest BCUT2D eigenvalue weighted by molar-refractivity contribution is 5.79. The minimum atomic E-state index is 0.575. The van der Waals surface area contributed by atoms with Crippen molar-refractivity contribution in [1.82, 2.24) is 10.3 Å². The van der Waals surface area contributed by atoms with Crippen LogP contribution in [0.4, 0.5) is 0 Å². The van der Waals surface area contributed by atoms with Crippen molar-refractivity contribution >= 4 is 5.96 Å². The summed E-state index contributed by atoms with van der Waals surface area (Å²) in [6.45, 7) is 4.56. The number of nitrogens with two attached hydrogens (primary N) is 1. The molecule has 1 aliphatic heterocycles. The third kappa shape index (κ3) is 3.64. The predicted molar refractivity (Wildman–Crippen MR) is 66.1 cm³/mol. The molecule has 0 radical (unpaired) electrons. The zero-order valence-corrected chi connectivity index (χ0v) is 10.4. The van der Waals surface area contributed by atoms with Crippen molar-refractivity contribution in [2.75, 3.05) is 26.8 Å². The van der Waals surface area contributed by atoms with E-state index in [1.807, 2.05) is 0 Å². The van der Waals surface area contributed by atoms with Crippen molar-refractivity contribution in [2.45, 2.75) is 38.6 Å². The highest BCUT2D eigenvalue weighted by Crippen LogP contribution is 2.19. The minimum absolute atomic E-state index is 0.575. The molecule has 1 rings (SSSR count). The smallest absolute Gasteiger partial charge is 0.208 e. The second-order valence-electron chi connectivity index (χ2n) is 4.09. The van der Waals surface area contributed by atoms with Crippen LogP contribution in [0.15, 0.2) is 4.99 Å². The van der Waals surface area contributed by atoms with E-state index in [1.165, 1.54) is 19.3 Å². The lowest BCUT2D eigenvalue weighted by atomic mass is 10.0. The first-order chi connectivity index (χ1) is 7.83. The molecular weight excluding hydrogens is 204 g/mol. The Morgan fingerprint density at radius 1 is 1.56 bits per heavy atom. The topological polar surface area (TPSA) is 62.9 Å². The van der Waals surface area contributed by atoms with Gasteiger partial charge in [0, 0.05) is 19.7 Å². The van der Waals surface area contributed by atoms with Crippen LogP contribution >= 0.6 is 0 Å². The van der Waals surface area contributed by atoms with E-state index in [0.29, 0.717) is 19.2 Å². The quantitative estimate of drug-likeness (QED) is 0.245. The van der Waals surface area contributed by atoms with Crippen molar-refractivity contribution in [3.63, 3.8) is 0 Å². The fraction of sp³-hybridized carbons (Fsp3) is 0.909. The molecule has 0 aliphatic carbocycles. The second-order valence-corrected chi connectivity index (χ2v) is 4.09. The molecule has 16 heavy (non-hydrogen) atoms. The normalized spacial score (nSPS) is 22.3. The van der Waals surface area contributed by atoms with E-state index in [4.69, 9.17) is 10.6 Å². The number of hydrogen-bond donors (Lipinski definition) is 2. The SMILES string of the molecule is CCC1CCCCN1C(=NCCOC)NN. The summed E-state index contributed by atoms with van der Waals surface area (Å²) in [6.07, 6.45) is 4.92. The monoisotopic (exact) mass is 228 g/mol. The molecule has 1 heterocycles. The number of aliphatic imine (C=N–C) groups is 1. The van der Waals surface area contributed by atoms with Gasteiger partial charge in [0.15, 0.2) is 0 Å². The summed E-state index contributed by atoms with van der Waals surface area (Å²) >= 11 is 0. The Balaban J connectivity index is 2.57. The number of hydrogen-bond acceptors (Lipinski definition) is 3. The lowest BCUT2D eigenvalue weighted by Crippen LogP contribution is -2.51. The molecule has 1 fully saturated rings. The highest BCUT2D eigenvalue weighted by atomic mass is 16.5. The third-order valence-electron chi connectivity index (χ3n) is 3.06. The van der Waals surface area contributed by atoms with Gasteiger partial charge in [-0.3, -0.25) is 5.43 Å². The van der Waals surface area contributed by atoms with Crippen molar-refractivity contribution in [1.29, 1.82) is 0 Å². The van der Waals surface area contributed by atoms with Gasteiger partial charge in [-0.15, -0.1) is 0 Å². The Morgan fingerprint density at radius 2 is 2.38 bits per heavy atom. The van der Waals surface area contributed by atoms with Gasteiger partial charge in [-0.05, 0) is 25.7 Å². The third-order valence-corrected chi connectivity index (χ3v) is 3.06. The Kier molecular flexibility index (Phi) is 6.18. The first-order valence-corrected chi connectivity index (χ1v) is 6.10. The number of methoxy groups -OCH3 is 1. The summed E-state index contributed by atoms with van der Waals surface area (Å²) in [7, 11) is 1.68. The summed E-state index contributed by atoms with van der Waals surface area (Å²) in [5, 5.41) is 0. The van der Waals surface area contributed by atoms with Crippen LogP contribution in [0.2, 0.25) is 0 Å². The number of rotatable bonds is 4. The molecule has 0 saturated carbocycles. The molecule has 0 aromatic rings. The first kappa shape index (κ1) is 13.3. The molecule has 0 aromatic heterocycles. The van der Waals surface area contributed by atoms with Gasteiger partial charge in [-0.2, -0.15) is 0 Å². The molecule has 0 bridgehead atoms. The van der Waals surface area contributed by atoms with E-state index in [1.54, 1.807) is 7.11 Å². The van der Waals surface area contributed by atoms with E-state index in [9.17, 15) is 0 Å². The molecule has 1 atom stereocenters. The van der Waals surface area contributed by atoms with Crippen LogP contribution in [-0.4, -0.2) is 43.7 Å².